The average Bonchev–Trinajstić information content (AvgIpc) is 2.42. The fourth-order valence-corrected chi connectivity index (χ4v) is 2.97. The third-order valence-electron chi connectivity index (χ3n) is 3.28. The van der Waals surface area contributed by atoms with E-state index in [-0.39, 0.29) is 6.04 Å². The van der Waals surface area contributed by atoms with Crippen molar-refractivity contribution in [2.75, 3.05) is 6.54 Å². The summed E-state index contributed by atoms with van der Waals surface area (Å²) in [6, 6.07) is 14.8. The van der Waals surface area contributed by atoms with E-state index in [9.17, 15) is 0 Å². The van der Waals surface area contributed by atoms with E-state index in [1.165, 1.54) is 11.1 Å². The summed E-state index contributed by atoms with van der Waals surface area (Å²) in [5, 5.41) is 4.37. The Bertz CT molecular complexity index is 566. The Balaban J connectivity index is 2.38. The predicted molar refractivity (Wildman–Crippen MR) is 90.5 cm³/mol. The van der Waals surface area contributed by atoms with Crippen LogP contribution >= 0.6 is 27.5 Å². The lowest BCUT2D eigenvalue weighted by atomic mass is 9.97. The summed E-state index contributed by atoms with van der Waals surface area (Å²) in [6.07, 6.45) is 1.09. The molecule has 0 radical (unpaired) electrons. The lowest BCUT2D eigenvalue weighted by molar-refractivity contribution is 0.598. The molecule has 0 fully saturated rings. The van der Waals surface area contributed by atoms with Gasteiger partial charge in [0.05, 0.1) is 6.04 Å². The number of benzene rings is 2. The van der Waals surface area contributed by atoms with Crippen LogP contribution in [0, 0.1) is 6.92 Å². The highest BCUT2D eigenvalue weighted by Crippen LogP contribution is 2.30. The summed E-state index contributed by atoms with van der Waals surface area (Å²) in [7, 11) is 0. The zero-order valence-electron chi connectivity index (χ0n) is 11.8. The van der Waals surface area contributed by atoms with Gasteiger partial charge in [-0.3, -0.25) is 0 Å². The number of hydrogen-bond acceptors (Lipinski definition) is 1. The maximum atomic E-state index is 6.41. The van der Waals surface area contributed by atoms with Crippen molar-refractivity contribution in [1.82, 2.24) is 5.32 Å². The van der Waals surface area contributed by atoms with Crippen LogP contribution in [0.3, 0.4) is 0 Å². The van der Waals surface area contributed by atoms with Crippen LogP contribution in [0.5, 0.6) is 0 Å². The minimum Gasteiger partial charge on any atom is -0.306 e. The van der Waals surface area contributed by atoms with Crippen molar-refractivity contribution in [1.29, 1.82) is 0 Å². The van der Waals surface area contributed by atoms with Crippen molar-refractivity contribution in [3.63, 3.8) is 0 Å². The van der Waals surface area contributed by atoms with Crippen molar-refractivity contribution in [2.45, 2.75) is 26.3 Å². The maximum absolute atomic E-state index is 6.41. The summed E-state index contributed by atoms with van der Waals surface area (Å²) in [5.41, 5.74) is 3.63. The normalized spacial score (nSPS) is 12.4. The lowest BCUT2D eigenvalue weighted by Gasteiger charge is -2.21. The summed E-state index contributed by atoms with van der Waals surface area (Å²) in [6.45, 7) is 5.23. The highest BCUT2D eigenvalue weighted by Gasteiger charge is 2.16. The molecule has 106 valence electrons. The van der Waals surface area contributed by atoms with E-state index in [0.29, 0.717) is 0 Å². The van der Waals surface area contributed by atoms with Gasteiger partial charge in [0.25, 0.3) is 0 Å². The zero-order chi connectivity index (χ0) is 14.5. The highest BCUT2D eigenvalue weighted by atomic mass is 79.9. The van der Waals surface area contributed by atoms with Gasteiger partial charge in [-0.1, -0.05) is 70.3 Å². The second kappa shape index (κ2) is 7.26. The Kier molecular flexibility index (Phi) is 5.64. The molecule has 0 saturated heterocycles. The monoisotopic (exact) mass is 351 g/mol. The van der Waals surface area contributed by atoms with E-state index < -0.39 is 0 Å². The Morgan fingerprint density at radius 3 is 2.45 bits per heavy atom. The maximum Gasteiger partial charge on any atom is 0.0591 e. The van der Waals surface area contributed by atoms with Gasteiger partial charge < -0.3 is 5.32 Å². The van der Waals surface area contributed by atoms with Crippen molar-refractivity contribution in [3.05, 3.63) is 68.7 Å². The number of halogens is 2. The van der Waals surface area contributed by atoms with E-state index in [2.05, 4.69) is 65.4 Å². The molecule has 2 aromatic rings. The van der Waals surface area contributed by atoms with E-state index in [0.717, 1.165) is 28.0 Å². The second-order valence-electron chi connectivity index (χ2n) is 4.96. The van der Waals surface area contributed by atoms with Gasteiger partial charge in [-0.05, 0) is 43.1 Å². The van der Waals surface area contributed by atoms with Gasteiger partial charge in [0, 0.05) is 9.50 Å². The predicted octanol–water partition coefficient (Wildman–Crippen LogP) is 5.50. The third-order valence-corrected chi connectivity index (χ3v) is 4.10. The first kappa shape index (κ1) is 15.6. The van der Waals surface area contributed by atoms with E-state index >= 15 is 0 Å². The van der Waals surface area contributed by atoms with Gasteiger partial charge in [-0.2, -0.15) is 0 Å². The molecule has 0 aliphatic rings. The van der Waals surface area contributed by atoms with Gasteiger partial charge in [-0.15, -0.1) is 0 Å². The molecule has 0 spiro atoms. The molecule has 0 heterocycles. The van der Waals surface area contributed by atoms with Gasteiger partial charge in [0.15, 0.2) is 0 Å². The molecule has 0 aromatic heterocycles. The van der Waals surface area contributed by atoms with Crippen LogP contribution in [0.2, 0.25) is 5.02 Å². The standard InChI is InChI=1S/C17H19BrClN/c1-3-10-20-17(13-6-4-12(2)5-7-13)15-9-8-14(18)11-16(15)19/h4-9,11,17,20H,3,10H2,1-2H3. The van der Waals surface area contributed by atoms with E-state index in [1.54, 1.807) is 0 Å². The first-order chi connectivity index (χ1) is 9.61. The number of aryl methyl sites for hydroxylation is 1. The van der Waals surface area contributed by atoms with Crippen molar-refractivity contribution in [2.24, 2.45) is 0 Å². The van der Waals surface area contributed by atoms with Crippen molar-refractivity contribution >= 4 is 27.5 Å². The molecule has 1 unspecified atom stereocenters. The molecule has 1 atom stereocenters. The third kappa shape index (κ3) is 3.85. The molecule has 2 rings (SSSR count). The molecular weight excluding hydrogens is 334 g/mol. The van der Waals surface area contributed by atoms with Crippen molar-refractivity contribution in [3.8, 4) is 0 Å². The minimum atomic E-state index is 0.135. The fourth-order valence-electron chi connectivity index (χ4n) is 2.19. The van der Waals surface area contributed by atoms with Gasteiger partial charge in [-0.25, -0.2) is 0 Å². The lowest BCUT2D eigenvalue weighted by Crippen LogP contribution is -2.23. The molecule has 1 nitrogen and oxygen atoms in total. The Hall–Kier alpha value is -0.830. The Morgan fingerprint density at radius 1 is 1.15 bits per heavy atom. The SMILES string of the molecule is CCCNC(c1ccc(C)cc1)c1ccc(Br)cc1Cl. The van der Waals surface area contributed by atoms with Crippen LogP contribution < -0.4 is 5.32 Å². The molecular formula is C17H19BrClN. The average molecular weight is 353 g/mol. The van der Waals surface area contributed by atoms with Crippen LogP contribution in [0.15, 0.2) is 46.9 Å². The second-order valence-corrected chi connectivity index (χ2v) is 6.29. The van der Waals surface area contributed by atoms with Gasteiger partial charge in [0.1, 0.15) is 0 Å². The first-order valence-electron chi connectivity index (χ1n) is 6.86. The molecule has 0 bridgehead atoms. The molecule has 1 N–H and O–H groups in total. The largest absolute Gasteiger partial charge is 0.306 e. The van der Waals surface area contributed by atoms with Crippen LogP contribution in [0.1, 0.15) is 36.1 Å². The fraction of sp³-hybridized carbons (Fsp3) is 0.294. The summed E-state index contributed by atoms with van der Waals surface area (Å²) in [5.74, 6) is 0. The van der Waals surface area contributed by atoms with E-state index in [1.807, 2.05) is 12.1 Å². The van der Waals surface area contributed by atoms with Gasteiger partial charge >= 0.3 is 0 Å². The smallest absolute Gasteiger partial charge is 0.0591 e. The molecule has 3 heteroatoms. The van der Waals surface area contributed by atoms with Crippen LogP contribution in [-0.2, 0) is 0 Å². The number of hydrogen-bond donors (Lipinski definition) is 1. The van der Waals surface area contributed by atoms with Crippen molar-refractivity contribution < 1.29 is 0 Å². The number of nitrogens with one attached hydrogen (secondary N) is 1. The summed E-state index contributed by atoms with van der Waals surface area (Å²) >= 11 is 9.87. The minimum absolute atomic E-state index is 0.135. The topological polar surface area (TPSA) is 12.0 Å². The number of rotatable bonds is 5. The summed E-state index contributed by atoms with van der Waals surface area (Å²) < 4.78 is 1.00. The first-order valence-corrected chi connectivity index (χ1v) is 8.04. The molecule has 0 saturated carbocycles. The molecule has 0 aliphatic carbocycles. The molecule has 2 aromatic carbocycles. The van der Waals surface area contributed by atoms with Crippen LogP contribution in [0.4, 0.5) is 0 Å². The zero-order valence-corrected chi connectivity index (χ0v) is 14.1. The Morgan fingerprint density at radius 2 is 1.85 bits per heavy atom. The molecule has 20 heavy (non-hydrogen) atoms. The van der Waals surface area contributed by atoms with Crippen LogP contribution in [0.25, 0.3) is 0 Å². The quantitative estimate of drug-likeness (QED) is 0.749. The highest BCUT2D eigenvalue weighted by molar-refractivity contribution is 9.10. The van der Waals surface area contributed by atoms with Gasteiger partial charge in [0.2, 0.25) is 0 Å². The molecule has 0 amide bonds. The van der Waals surface area contributed by atoms with Crippen LogP contribution in [-0.4, -0.2) is 6.54 Å². The Labute approximate surface area is 134 Å². The molecule has 0 aliphatic heterocycles. The summed E-state index contributed by atoms with van der Waals surface area (Å²) in [4.78, 5) is 0. The van der Waals surface area contributed by atoms with E-state index in [4.69, 9.17) is 11.6 Å².